The number of halogens is 1. The minimum atomic E-state index is -0.159. The molecule has 3 saturated heterocycles. The third-order valence-electron chi connectivity index (χ3n) is 4.49. The molecule has 3 aliphatic heterocycles. The van der Waals surface area contributed by atoms with Crippen LogP contribution in [0.1, 0.15) is 31.4 Å². The van der Waals surface area contributed by atoms with Gasteiger partial charge in [0.15, 0.2) is 0 Å². The van der Waals surface area contributed by atoms with Crippen molar-refractivity contribution in [1.29, 1.82) is 0 Å². The van der Waals surface area contributed by atoms with Gasteiger partial charge in [-0.25, -0.2) is 4.39 Å². The largest absolute Gasteiger partial charge is 0.306 e. The van der Waals surface area contributed by atoms with E-state index in [0.717, 1.165) is 5.92 Å². The maximum atomic E-state index is 12.9. The van der Waals surface area contributed by atoms with Crippen molar-refractivity contribution in [2.24, 2.45) is 5.92 Å². The highest BCUT2D eigenvalue weighted by atomic mass is 19.1. The van der Waals surface area contributed by atoms with Gasteiger partial charge in [-0.05, 0) is 56.5 Å². The molecular weight excluding hydrogens is 227 g/mol. The predicted molar refractivity (Wildman–Crippen MR) is 70.9 cm³/mol. The number of hydrogen-bond acceptors (Lipinski definition) is 2. The minimum absolute atomic E-state index is 0.159. The number of nitrogens with zero attached hydrogens (tertiary/aromatic N) is 1. The van der Waals surface area contributed by atoms with Gasteiger partial charge >= 0.3 is 0 Å². The van der Waals surface area contributed by atoms with Crippen LogP contribution in [-0.4, -0.2) is 30.6 Å². The van der Waals surface area contributed by atoms with E-state index in [0.29, 0.717) is 12.1 Å². The van der Waals surface area contributed by atoms with Crippen LogP contribution in [0.15, 0.2) is 24.3 Å². The Hall–Kier alpha value is -0.930. The molecule has 4 rings (SSSR count). The molecule has 98 valence electrons. The molecule has 2 nitrogen and oxygen atoms in total. The third-order valence-corrected chi connectivity index (χ3v) is 4.49. The first-order valence-corrected chi connectivity index (χ1v) is 6.96. The topological polar surface area (TPSA) is 15.3 Å². The molecule has 3 heterocycles. The van der Waals surface area contributed by atoms with Crippen LogP contribution in [0.2, 0.25) is 0 Å². The Morgan fingerprint density at radius 2 is 1.89 bits per heavy atom. The van der Waals surface area contributed by atoms with E-state index in [-0.39, 0.29) is 5.82 Å². The summed E-state index contributed by atoms with van der Waals surface area (Å²) in [5.41, 5.74) is 1.17. The molecule has 1 unspecified atom stereocenters. The first-order chi connectivity index (χ1) is 8.72. The van der Waals surface area contributed by atoms with Crippen molar-refractivity contribution in [2.75, 3.05) is 19.6 Å². The second kappa shape index (κ2) is 4.98. The smallest absolute Gasteiger partial charge is 0.123 e. The molecule has 1 aromatic rings. The summed E-state index contributed by atoms with van der Waals surface area (Å²) in [7, 11) is 0. The number of rotatable bonds is 3. The fourth-order valence-corrected chi connectivity index (χ4v) is 3.32. The molecule has 2 bridgehead atoms. The second-order valence-corrected chi connectivity index (χ2v) is 5.68. The van der Waals surface area contributed by atoms with Gasteiger partial charge in [0, 0.05) is 18.6 Å². The molecule has 1 aromatic carbocycles. The van der Waals surface area contributed by atoms with E-state index >= 15 is 0 Å². The lowest BCUT2D eigenvalue weighted by Crippen LogP contribution is -2.56. The van der Waals surface area contributed by atoms with E-state index in [2.05, 4.69) is 17.1 Å². The number of benzene rings is 1. The van der Waals surface area contributed by atoms with Crippen molar-refractivity contribution in [2.45, 2.75) is 31.8 Å². The normalized spacial score (nSPS) is 32.4. The summed E-state index contributed by atoms with van der Waals surface area (Å²) in [5.74, 6) is 0.673. The van der Waals surface area contributed by atoms with Gasteiger partial charge in [-0.15, -0.1) is 0 Å². The van der Waals surface area contributed by atoms with Gasteiger partial charge in [0.05, 0.1) is 0 Å². The summed E-state index contributed by atoms with van der Waals surface area (Å²) >= 11 is 0. The molecule has 2 atom stereocenters. The second-order valence-electron chi connectivity index (χ2n) is 5.68. The Labute approximate surface area is 108 Å². The lowest BCUT2D eigenvalue weighted by Gasteiger charge is -2.46. The molecule has 18 heavy (non-hydrogen) atoms. The summed E-state index contributed by atoms with van der Waals surface area (Å²) in [6, 6.07) is 7.76. The van der Waals surface area contributed by atoms with Crippen molar-refractivity contribution in [1.82, 2.24) is 10.2 Å². The number of nitrogens with one attached hydrogen (secondary N) is 1. The van der Waals surface area contributed by atoms with Gasteiger partial charge in [-0.2, -0.15) is 0 Å². The van der Waals surface area contributed by atoms with Crippen molar-refractivity contribution in [3.8, 4) is 0 Å². The average molecular weight is 248 g/mol. The summed E-state index contributed by atoms with van der Waals surface area (Å²) in [6.07, 6.45) is 2.65. The molecule has 3 fully saturated rings. The van der Waals surface area contributed by atoms with E-state index in [9.17, 15) is 4.39 Å². The molecule has 3 aliphatic rings. The Morgan fingerprint density at radius 1 is 1.22 bits per heavy atom. The monoisotopic (exact) mass is 248 g/mol. The van der Waals surface area contributed by atoms with Crippen LogP contribution >= 0.6 is 0 Å². The zero-order chi connectivity index (χ0) is 12.5. The minimum Gasteiger partial charge on any atom is -0.306 e. The van der Waals surface area contributed by atoms with Crippen molar-refractivity contribution >= 4 is 0 Å². The first kappa shape index (κ1) is 12.1. The Balaban J connectivity index is 1.64. The van der Waals surface area contributed by atoms with Crippen LogP contribution in [0.3, 0.4) is 0 Å². The molecule has 3 heteroatoms. The maximum absolute atomic E-state index is 12.9. The average Bonchev–Trinajstić information content (AvgIpc) is 2.41. The highest BCUT2D eigenvalue weighted by Gasteiger charge is 2.34. The number of hydrogen-bond donors (Lipinski definition) is 1. The van der Waals surface area contributed by atoms with Crippen molar-refractivity contribution in [3.05, 3.63) is 35.6 Å². The van der Waals surface area contributed by atoms with Gasteiger partial charge in [0.2, 0.25) is 0 Å². The van der Waals surface area contributed by atoms with E-state index in [1.807, 2.05) is 12.1 Å². The molecule has 0 radical (unpaired) electrons. The molecule has 1 N–H and O–H groups in total. The molecule has 0 spiro atoms. The quantitative estimate of drug-likeness (QED) is 0.884. The summed E-state index contributed by atoms with van der Waals surface area (Å²) < 4.78 is 12.9. The van der Waals surface area contributed by atoms with Gasteiger partial charge in [0.1, 0.15) is 5.82 Å². The first-order valence-electron chi connectivity index (χ1n) is 6.96. The van der Waals surface area contributed by atoms with E-state index in [1.165, 1.54) is 38.0 Å². The van der Waals surface area contributed by atoms with Crippen LogP contribution in [-0.2, 0) is 0 Å². The van der Waals surface area contributed by atoms with Crippen LogP contribution in [0.5, 0.6) is 0 Å². The Morgan fingerprint density at radius 3 is 2.44 bits per heavy atom. The van der Waals surface area contributed by atoms with E-state index in [1.54, 1.807) is 12.1 Å². The molecule has 0 amide bonds. The standard InChI is InChI=1S/C15H21FN2/c1-11(12-2-4-14(16)5-3-12)17-15-10-18-8-6-13(15)7-9-18/h2-5,11,13,15,17H,6-10H2,1H3/t11-,15?/m0/s1. The molecule has 0 saturated carbocycles. The van der Waals surface area contributed by atoms with Gasteiger partial charge in [0.25, 0.3) is 0 Å². The van der Waals surface area contributed by atoms with E-state index in [4.69, 9.17) is 0 Å². The van der Waals surface area contributed by atoms with Gasteiger partial charge in [-0.1, -0.05) is 12.1 Å². The predicted octanol–water partition coefficient (Wildman–Crippen LogP) is 2.57. The fraction of sp³-hybridized carbons (Fsp3) is 0.600. The van der Waals surface area contributed by atoms with Crippen molar-refractivity contribution in [3.63, 3.8) is 0 Å². The van der Waals surface area contributed by atoms with Gasteiger partial charge < -0.3 is 10.2 Å². The summed E-state index contributed by atoms with van der Waals surface area (Å²) in [6.45, 7) is 5.89. The van der Waals surface area contributed by atoms with Crippen LogP contribution < -0.4 is 5.32 Å². The summed E-state index contributed by atoms with van der Waals surface area (Å²) in [5, 5.41) is 3.72. The Kier molecular flexibility index (Phi) is 3.35. The lowest BCUT2D eigenvalue weighted by atomic mass is 9.83. The number of piperidine rings is 3. The third kappa shape index (κ3) is 2.43. The van der Waals surface area contributed by atoms with Gasteiger partial charge in [-0.3, -0.25) is 0 Å². The Bertz CT molecular complexity index is 395. The van der Waals surface area contributed by atoms with Crippen molar-refractivity contribution < 1.29 is 4.39 Å². The highest BCUT2D eigenvalue weighted by Crippen LogP contribution is 2.29. The zero-order valence-corrected chi connectivity index (χ0v) is 10.9. The van der Waals surface area contributed by atoms with Crippen LogP contribution in [0, 0.1) is 11.7 Å². The SMILES string of the molecule is C[C@H](NC1CN2CCC1CC2)c1ccc(F)cc1. The van der Waals surface area contributed by atoms with Crippen LogP contribution in [0.25, 0.3) is 0 Å². The molecule has 0 aliphatic carbocycles. The lowest BCUT2D eigenvalue weighted by molar-refractivity contribution is 0.0680. The van der Waals surface area contributed by atoms with Crippen LogP contribution in [0.4, 0.5) is 4.39 Å². The fourth-order valence-electron chi connectivity index (χ4n) is 3.32. The molecular formula is C15H21FN2. The zero-order valence-electron chi connectivity index (χ0n) is 10.9. The van der Waals surface area contributed by atoms with E-state index < -0.39 is 0 Å². The number of fused-ring (bicyclic) bond motifs is 3. The summed E-state index contributed by atoms with van der Waals surface area (Å²) in [4.78, 5) is 2.55. The highest BCUT2D eigenvalue weighted by molar-refractivity contribution is 5.19. The molecule has 0 aromatic heterocycles. The maximum Gasteiger partial charge on any atom is 0.123 e.